The van der Waals surface area contributed by atoms with Gasteiger partial charge in [0.15, 0.2) is 0 Å². The first-order chi connectivity index (χ1) is 27.4. The van der Waals surface area contributed by atoms with Crippen molar-refractivity contribution in [2.45, 2.75) is 30.6 Å². The van der Waals surface area contributed by atoms with Crippen molar-refractivity contribution in [3.05, 3.63) is 102 Å². The van der Waals surface area contributed by atoms with Crippen LogP contribution in [-0.2, 0) is 25.0 Å². The van der Waals surface area contributed by atoms with E-state index in [4.69, 9.17) is 15.2 Å². The molecule has 0 spiro atoms. The Balaban J connectivity index is 0.00000769. The number of rotatable bonds is 13. The van der Waals surface area contributed by atoms with E-state index < -0.39 is 35.9 Å². The quantitative estimate of drug-likeness (QED) is 0.0405. The van der Waals surface area contributed by atoms with Crippen LogP contribution in [0.3, 0.4) is 0 Å². The molecule has 0 fully saturated rings. The first-order valence-electron chi connectivity index (χ1n) is 16.7. The maximum Gasteiger partial charge on any atom is 1.00 e. The average Bonchev–Trinajstić information content (AvgIpc) is 3.16. The van der Waals surface area contributed by atoms with Crippen LogP contribution in [0.4, 0.5) is 51.2 Å². The van der Waals surface area contributed by atoms with Crippen LogP contribution in [0.15, 0.2) is 125 Å². The molecule has 300 valence electrons. The molecule has 5 rings (SSSR count). The van der Waals surface area contributed by atoms with E-state index in [0.29, 0.717) is 45.2 Å². The van der Waals surface area contributed by atoms with Crippen LogP contribution >= 0.6 is 0 Å². The normalized spacial score (nSPS) is 11.8. The zero-order valence-corrected chi connectivity index (χ0v) is 36.0. The number of ether oxygens (including phenoxy) is 2. The van der Waals surface area contributed by atoms with Crippen molar-refractivity contribution >= 4 is 83.2 Å². The van der Waals surface area contributed by atoms with Crippen LogP contribution in [0.2, 0.25) is 0 Å². The van der Waals surface area contributed by atoms with E-state index in [1.807, 2.05) is 0 Å². The molecule has 2 amide bonds. The number of anilines is 3. The molecule has 19 nitrogen and oxygen atoms in total. The molecular formula is C37H35N9NaO10S2+. The Morgan fingerprint density at radius 2 is 1.15 bits per heavy atom. The molecule has 0 aromatic heterocycles. The van der Waals surface area contributed by atoms with E-state index in [9.17, 15) is 35.5 Å². The zero-order valence-electron chi connectivity index (χ0n) is 32.3. The second-order valence-corrected chi connectivity index (χ2v) is 15.1. The number of hydrogen-bond donors (Lipinski definition) is 5. The summed E-state index contributed by atoms with van der Waals surface area (Å²) in [5, 5.41) is 30.2. The van der Waals surface area contributed by atoms with Gasteiger partial charge < -0.3 is 25.8 Å². The Hall–Kier alpha value is -5.94. The van der Waals surface area contributed by atoms with Gasteiger partial charge in [-0.1, -0.05) is 0 Å². The van der Waals surface area contributed by atoms with Crippen LogP contribution in [0.25, 0.3) is 0 Å². The molecule has 59 heavy (non-hydrogen) atoms. The number of amides is 2. The fourth-order valence-corrected chi connectivity index (χ4v) is 6.22. The van der Waals surface area contributed by atoms with Crippen molar-refractivity contribution in [1.29, 1.82) is 0 Å². The summed E-state index contributed by atoms with van der Waals surface area (Å²) in [6, 6.07) is 19.5. The van der Waals surface area contributed by atoms with Gasteiger partial charge in [0.05, 0.1) is 47.6 Å². The number of nitrogen functional groups attached to an aromatic ring is 1. The molecule has 6 N–H and O–H groups in total. The SMILES string of the molecule is COc1cc(N=Nc2cc(NC(C)=O)c(N=Nc3ccc(S(=O)(=O)O)cc3)cc2S(=O)(=O)O)c(C)cc1N=Nc1cc(OC)c(NC(=O)c2ccc(N)cc2)cc1C.[Na+]. The summed E-state index contributed by atoms with van der Waals surface area (Å²) >= 11 is 0. The third kappa shape index (κ3) is 11.8. The van der Waals surface area contributed by atoms with E-state index >= 15 is 0 Å². The molecule has 0 radical (unpaired) electrons. The summed E-state index contributed by atoms with van der Waals surface area (Å²) in [4.78, 5) is 23.8. The Kier molecular flexibility index (Phi) is 14.9. The Bertz CT molecular complexity index is 2730. The number of azo groups is 3. The number of nitrogens with zero attached hydrogens (tertiary/aromatic N) is 6. The van der Waals surface area contributed by atoms with Crippen molar-refractivity contribution in [2.24, 2.45) is 30.7 Å². The molecule has 0 heterocycles. The van der Waals surface area contributed by atoms with Crippen molar-refractivity contribution in [3.8, 4) is 11.5 Å². The largest absolute Gasteiger partial charge is 1.00 e. The van der Waals surface area contributed by atoms with Gasteiger partial charge in [0, 0.05) is 30.3 Å². The molecule has 0 aliphatic carbocycles. The summed E-state index contributed by atoms with van der Waals surface area (Å²) in [6.45, 7) is 4.65. The molecule has 0 atom stereocenters. The minimum atomic E-state index is -4.95. The summed E-state index contributed by atoms with van der Waals surface area (Å²) in [5.74, 6) is -0.378. The predicted octanol–water partition coefficient (Wildman–Crippen LogP) is 5.86. The number of nitrogens with two attached hydrogens (primary N) is 1. The minimum absolute atomic E-state index is 0. The van der Waals surface area contributed by atoms with Crippen molar-refractivity contribution in [3.63, 3.8) is 0 Å². The first-order valence-corrected chi connectivity index (χ1v) is 19.5. The number of carbonyl (C=O) groups excluding carboxylic acids is 2. The summed E-state index contributed by atoms with van der Waals surface area (Å²) in [6.07, 6.45) is 0. The summed E-state index contributed by atoms with van der Waals surface area (Å²) in [5.41, 5.74) is 8.65. The van der Waals surface area contributed by atoms with Gasteiger partial charge in [-0.15, -0.1) is 15.3 Å². The summed E-state index contributed by atoms with van der Waals surface area (Å²) in [7, 11) is -6.58. The fourth-order valence-electron chi connectivity index (χ4n) is 5.12. The number of carbonyl (C=O) groups is 2. The number of hydrogen-bond acceptors (Lipinski definition) is 15. The van der Waals surface area contributed by atoms with Gasteiger partial charge in [-0.25, -0.2) is 0 Å². The first kappa shape index (κ1) is 45.8. The topological polar surface area (TPSA) is 286 Å². The summed E-state index contributed by atoms with van der Waals surface area (Å²) < 4.78 is 78.0. The molecule has 5 aromatic carbocycles. The molecule has 0 aliphatic rings. The van der Waals surface area contributed by atoms with E-state index in [0.717, 1.165) is 24.3 Å². The average molecular weight is 853 g/mol. The van der Waals surface area contributed by atoms with Gasteiger partial charge >= 0.3 is 29.6 Å². The smallest absolute Gasteiger partial charge is 0.494 e. The third-order valence-electron chi connectivity index (χ3n) is 8.04. The Morgan fingerprint density at radius 3 is 1.71 bits per heavy atom. The molecule has 22 heteroatoms. The van der Waals surface area contributed by atoms with Crippen molar-refractivity contribution < 1.29 is 74.6 Å². The van der Waals surface area contributed by atoms with Crippen LogP contribution in [0, 0.1) is 13.8 Å². The van der Waals surface area contributed by atoms with Crippen LogP contribution < -0.4 is 55.4 Å². The monoisotopic (exact) mass is 852 g/mol. The number of aryl methyl sites for hydroxylation is 2. The Labute approximate surface area is 360 Å². The van der Waals surface area contributed by atoms with Crippen molar-refractivity contribution in [1.82, 2.24) is 0 Å². The van der Waals surface area contributed by atoms with Gasteiger partial charge in [0.25, 0.3) is 26.1 Å². The van der Waals surface area contributed by atoms with Gasteiger partial charge in [0.1, 0.15) is 33.5 Å². The second kappa shape index (κ2) is 19.2. The van der Waals surface area contributed by atoms with Gasteiger partial charge in [-0.2, -0.15) is 32.2 Å². The molecule has 0 bridgehead atoms. The van der Waals surface area contributed by atoms with Gasteiger partial charge in [-0.3, -0.25) is 18.7 Å². The second-order valence-electron chi connectivity index (χ2n) is 12.3. The zero-order chi connectivity index (χ0) is 42.4. The van der Waals surface area contributed by atoms with Crippen molar-refractivity contribution in [2.75, 3.05) is 30.6 Å². The van der Waals surface area contributed by atoms with Crippen LogP contribution in [-0.4, -0.2) is 52.0 Å². The van der Waals surface area contributed by atoms with E-state index in [1.165, 1.54) is 39.3 Å². The molecular weight excluding hydrogens is 818 g/mol. The van der Waals surface area contributed by atoms with Gasteiger partial charge in [-0.05, 0) is 97.8 Å². The third-order valence-corrected chi connectivity index (χ3v) is 9.79. The number of benzene rings is 5. The number of nitrogens with one attached hydrogen (secondary N) is 2. The Morgan fingerprint density at radius 1 is 0.610 bits per heavy atom. The van der Waals surface area contributed by atoms with Gasteiger partial charge in [0.2, 0.25) is 5.91 Å². The maximum atomic E-state index is 12.8. The van der Waals surface area contributed by atoms with E-state index in [-0.39, 0.29) is 69.7 Å². The van der Waals surface area contributed by atoms with E-state index in [1.54, 1.807) is 56.3 Å². The van der Waals surface area contributed by atoms with E-state index in [2.05, 4.69) is 41.3 Å². The molecule has 5 aromatic rings. The van der Waals surface area contributed by atoms with Crippen LogP contribution in [0.1, 0.15) is 28.4 Å². The fraction of sp³-hybridized carbons (Fsp3) is 0.135. The molecule has 0 saturated heterocycles. The molecule has 0 unspecified atom stereocenters. The molecule has 0 saturated carbocycles. The van der Waals surface area contributed by atoms with Crippen LogP contribution in [0.5, 0.6) is 11.5 Å². The number of methoxy groups -OCH3 is 2. The predicted molar refractivity (Wildman–Crippen MR) is 214 cm³/mol. The standard InChI is InChI=1S/C37H35N9O10S2.Na/c1-20-14-31(40-37(48)23-6-8-24(38)9-7-23)34(55-4)17-27(20)42-45-32-15-21(2)28(18-35(32)56-5)43-46-33-16-29(39-22(3)47)30(19-36(33)58(52,53)54)44-41-25-10-12-26(13-11-25)57(49,50)51;/h6-19H,38H2,1-5H3,(H,39,47)(H,40,48)(H,49,50,51)(H,52,53,54);/q;+1. The maximum absolute atomic E-state index is 12.8. The molecule has 0 aliphatic heterocycles. The minimum Gasteiger partial charge on any atom is -0.494 e.